The van der Waals surface area contributed by atoms with E-state index in [1.165, 1.54) is 0 Å². The summed E-state index contributed by atoms with van der Waals surface area (Å²) in [5.74, 6) is 1.60. The summed E-state index contributed by atoms with van der Waals surface area (Å²) in [6.45, 7) is 7.27. The minimum atomic E-state index is 0.687. The van der Waals surface area contributed by atoms with Crippen LogP contribution < -0.4 is 10.6 Å². The van der Waals surface area contributed by atoms with Gasteiger partial charge < -0.3 is 15.4 Å². The van der Waals surface area contributed by atoms with Crippen molar-refractivity contribution < 1.29 is 4.74 Å². The molecule has 0 unspecified atom stereocenters. The molecule has 0 atom stereocenters. The Morgan fingerprint density at radius 2 is 1.89 bits per heavy atom. The van der Waals surface area contributed by atoms with Gasteiger partial charge in [-0.05, 0) is 29.3 Å². The van der Waals surface area contributed by atoms with E-state index in [4.69, 9.17) is 4.74 Å². The Morgan fingerprint density at radius 1 is 1.17 bits per heavy atom. The van der Waals surface area contributed by atoms with Gasteiger partial charge in [-0.15, -0.1) is 0 Å². The highest BCUT2D eigenvalue weighted by molar-refractivity contribution is 9.10. The van der Waals surface area contributed by atoms with Crippen LogP contribution in [0.3, 0.4) is 0 Å². The summed E-state index contributed by atoms with van der Waals surface area (Å²) >= 11 is 3.49. The second kappa shape index (κ2) is 9.10. The lowest BCUT2D eigenvalue weighted by molar-refractivity contribution is 0.141. The van der Waals surface area contributed by atoms with Gasteiger partial charge in [0.2, 0.25) is 0 Å². The SMILES string of the molecule is CCCCOCCNc1ncnc(NCC)c1Br. The number of aromatic nitrogens is 2. The topological polar surface area (TPSA) is 59.1 Å². The first-order valence-electron chi connectivity index (χ1n) is 6.35. The third kappa shape index (κ3) is 5.18. The number of hydrogen-bond acceptors (Lipinski definition) is 5. The van der Waals surface area contributed by atoms with Crippen molar-refractivity contribution >= 4 is 27.6 Å². The van der Waals surface area contributed by atoms with E-state index in [9.17, 15) is 0 Å². The molecule has 0 aliphatic rings. The second-order valence-electron chi connectivity index (χ2n) is 3.81. The van der Waals surface area contributed by atoms with Gasteiger partial charge in [0.15, 0.2) is 0 Å². The lowest BCUT2D eigenvalue weighted by Gasteiger charge is -2.10. The van der Waals surface area contributed by atoms with Crippen molar-refractivity contribution in [3.63, 3.8) is 0 Å². The first-order chi connectivity index (χ1) is 8.79. The molecule has 0 fully saturated rings. The van der Waals surface area contributed by atoms with E-state index in [-0.39, 0.29) is 0 Å². The van der Waals surface area contributed by atoms with Gasteiger partial charge in [-0.25, -0.2) is 9.97 Å². The minimum Gasteiger partial charge on any atom is -0.380 e. The molecular formula is C12H21BrN4O. The van der Waals surface area contributed by atoms with E-state index < -0.39 is 0 Å². The van der Waals surface area contributed by atoms with Crippen molar-refractivity contribution in [2.45, 2.75) is 26.7 Å². The first kappa shape index (κ1) is 15.2. The zero-order valence-electron chi connectivity index (χ0n) is 11.0. The van der Waals surface area contributed by atoms with Crippen molar-refractivity contribution in [2.75, 3.05) is 36.9 Å². The Labute approximate surface area is 117 Å². The fourth-order valence-corrected chi connectivity index (χ4v) is 1.86. The van der Waals surface area contributed by atoms with Crippen LogP contribution in [-0.2, 0) is 4.74 Å². The third-order valence-corrected chi connectivity index (χ3v) is 3.07. The zero-order chi connectivity index (χ0) is 13.2. The quantitative estimate of drug-likeness (QED) is 0.686. The molecule has 1 heterocycles. The molecule has 5 nitrogen and oxygen atoms in total. The molecule has 0 amide bonds. The van der Waals surface area contributed by atoms with Gasteiger partial charge in [0.25, 0.3) is 0 Å². The summed E-state index contributed by atoms with van der Waals surface area (Å²) in [6, 6.07) is 0. The van der Waals surface area contributed by atoms with E-state index in [0.717, 1.165) is 48.6 Å². The Bertz CT molecular complexity index is 349. The molecule has 102 valence electrons. The molecule has 0 aromatic carbocycles. The Balaban J connectivity index is 2.35. The lowest BCUT2D eigenvalue weighted by atomic mass is 10.4. The molecule has 0 radical (unpaired) electrons. The standard InChI is InChI=1S/C12H21BrN4O/c1-3-5-7-18-8-6-15-12-10(13)11(14-4-2)16-9-17-12/h9H,3-8H2,1-2H3,(H2,14,15,16,17). The molecule has 0 saturated heterocycles. The number of halogens is 1. The highest BCUT2D eigenvalue weighted by atomic mass is 79.9. The summed E-state index contributed by atoms with van der Waals surface area (Å²) in [6.07, 6.45) is 3.82. The van der Waals surface area contributed by atoms with Crippen LogP contribution in [0.4, 0.5) is 11.6 Å². The fraction of sp³-hybridized carbons (Fsp3) is 0.667. The highest BCUT2D eigenvalue weighted by Gasteiger charge is 2.06. The van der Waals surface area contributed by atoms with Crippen LogP contribution in [0.25, 0.3) is 0 Å². The summed E-state index contributed by atoms with van der Waals surface area (Å²) in [5, 5.41) is 6.39. The predicted molar refractivity (Wildman–Crippen MR) is 78.1 cm³/mol. The lowest BCUT2D eigenvalue weighted by Crippen LogP contribution is -2.12. The van der Waals surface area contributed by atoms with E-state index in [2.05, 4.69) is 43.5 Å². The molecular weight excluding hydrogens is 296 g/mol. The number of ether oxygens (including phenoxy) is 1. The minimum absolute atomic E-state index is 0.687. The monoisotopic (exact) mass is 316 g/mol. The Morgan fingerprint density at radius 3 is 2.56 bits per heavy atom. The van der Waals surface area contributed by atoms with Crippen molar-refractivity contribution in [1.82, 2.24) is 9.97 Å². The number of hydrogen-bond donors (Lipinski definition) is 2. The smallest absolute Gasteiger partial charge is 0.146 e. The van der Waals surface area contributed by atoms with Crippen LogP contribution in [0.5, 0.6) is 0 Å². The van der Waals surface area contributed by atoms with Crippen LogP contribution in [0.1, 0.15) is 26.7 Å². The van der Waals surface area contributed by atoms with Crippen molar-refractivity contribution in [3.8, 4) is 0 Å². The third-order valence-electron chi connectivity index (χ3n) is 2.31. The summed E-state index contributed by atoms with van der Waals surface area (Å²) in [5.41, 5.74) is 0. The van der Waals surface area contributed by atoms with Gasteiger partial charge in [-0.3, -0.25) is 0 Å². The van der Waals surface area contributed by atoms with Gasteiger partial charge >= 0.3 is 0 Å². The summed E-state index contributed by atoms with van der Waals surface area (Å²) in [7, 11) is 0. The van der Waals surface area contributed by atoms with E-state index in [1.807, 2.05) is 6.92 Å². The molecule has 1 rings (SSSR count). The molecule has 0 aliphatic heterocycles. The van der Waals surface area contributed by atoms with E-state index in [0.29, 0.717) is 6.61 Å². The van der Waals surface area contributed by atoms with Crippen molar-refractivity contribution in [1.29, 1.82) is 0 Å². The normalized spacial score (nSPS) is 10.4. The average Bonchev–Trinajstić information content (AvgIpc) is 2.38. The molecule has 1 aromatic heterocycles. The second-order valence-corrected chi connectivity index (χ2v) is 4.60. The fourth-order valence-electron chi connectivity index (χ4n) is 1.37. The van der Waals surface area contributed by atoms with Crippen LogP contribution >= 0.6 is 15.9 Å². The maximum atomic E-state index is 5.48. The zero-order valence-corrected chi connectivity index (χ0v) is 12.6. The summed E-state index contributed by atoms with van der Waals surface area (Å²) in [4.78, 5) is 8.35. The maximum Gasteiger partial charge on any atom is 0.146 e. The van der Waals surface area contributed by atoms with Crippen LogP contribution in [-0.4, -0.2) is 36.3 Å². The van der Waals surface area contributed by atoms with Gasteiger partial charge in [-0.1, -0.05) is 13.3 Å². The summed E-state index contributed by atoms with van der Waals surface area (Å²) < 4.78 is 6.34. The molecule has 1 aromatic rings. The molecule has 0 aliphatic carbocycles. The van der Waals surface area contributed by atoms with Crippen LogP contribution in [0.15, 0.2) is 10.8 Å². The van der Waals surface area contributed by atoms with Gasteiger partial charge in [0, 0.05) is 19.7 Å². The molecule has 0 saturated carbocycles. The highest BCUT2D eigenvalue weighted by Crippen LogP contribution is 2.25. The number of nitrogens with one attached hydrogen (secondary N) is 2. The number of anilines is 2. The Hall–Kier alpha value is -0.880. The first-order valence-corrected chi connectivity index (χ1v) is 7.14. The molecule has 18 heavy (non-hydrogen) atoms. The van der Waals surface area contributed by atoms with Crippen LogP contribution in [0, 0.1) is 0 Å². The molecule has 2 N–H and O–H groups in total. The number of nitrogens with zero attached hydrogens (tertiary/aromatic N) is 2. The predicted octanol–water partition coefficient (Wildman–Crippen LogP) is 2.90. The van der Waals surface area contributed by atoms with E-state index >= 15 is 0 Å². The molecule has 0 bridgehead atoms. The van der Waals surface area contributed by atoms with E-state index in [1.54, 1.807) is 6.33 Å². The van der Waals surface area contributed by atoms with Gasteiger partial charge in [0.05, 0.1) is 6.61 Å². The molecule has 6 heteroatoms. The van der Waals surface area contributed by atoms with Crippen molar-refractivity contribution in [3.05, 3.63) is 10.8 Å². The van der Waals surface area contributed by atoms with Crippen molar-refractivity contribution in [2.24, 2.45) is 0 Å². The number of rotatable bonds is 9. The van der Waals surface area contributed by atoms with Crippen LogP contribution in [0.2, 0.25) is 0 Å². The Kier molecular flexibility index (Phi) is 7.68. The molecule has 0 spiro atoms. The number of unbranched alkanes of at least 4 members (excludes halogenated alkanes) is 1. The van der Waals surface area contributed by atoms with Gasteiger partial charge in [-0.2, -0.15) is 0 Å². The van der Waals surface area contributed by atoms with Gasteiger partial charge in [0.1, 0.15) is 22.4 Å². The largest absolute Gasteiger partial charge is 0.380 e. The maximum absolute atomic E-state index is 5.48. The average molecular weight is 317 g/mol.